The summed E-state index contributed by atoms with van der Waals surface area (Å²) in [6.45, 7) is 2.83. The van der Waals surface area contributed by atoms with Gasteiger partial charge in [0.25, 0.3) is 0 Å². The summed E-state index contributed by atoms with van der Waals surface area (Å²) in [6.07, 6.45) is 6.84. The van der Waals surface area contributed by atoms with Gasteiger partial charge in [-0.05, 0) is 36.8 Å². The fourth-order valence-electron chi connectivity index (χ4n) is 2.13. The Balaban J connectivity index is 2.11. The second-order valence-electron chi connectivity index (χ2n) is 5.05. The summed E-state index contributed by atoms with van der Waals surface area (Å²) < 4.78 is 11.0. The lowest BCUT2D eigenvalue weighted by atomic mass is 10.2. The van der Waals surface area contributed by atoms with Crippen LogP contribution in [0.3, 0.4) is 0 Å². The lowest BCUT2D eigenvalue weighted by Crippen LogP contribution is -2.07. The number of halogens is 3. The van der Waals surface area contributed by atoms with Crippen molar-refractivity contribution >= 4 is 41.0 Å². The molecule has 0 saturated heterocycles. The molecular weight excluding hydrogens is 395 g/mol. The van der Waals surface area contributed by atoms with Gasteiger partial charge in [0.1, 0.15) is 6.61 Å². The minimum atomic E-state index is 0.105. The van der Waals surface area contributed by atoms with E-state index in [-0.39, 0.29) is 6.61 Å². The standard InChI is InChI=1S/C19H17Cl3N2O2/c1-3-8-26-19-17(22)9-13(10-18(19)25-4-2)11-23-24-12-14-15(20)6-5-7-16(14)21/h1,5-7,9-11,24H,4,8,12H2,2H3/b23-11+. The van der Waals surface area contributed by atoms with Crippen LogP contribution in [0.25, 0.3) is 0 Å². The molecule has 0 fully saturated rings. The minimum absolute atomic E-state index is 0.105. The summed E-state index contributed by atoms with van der Waals surface area (Å²) in [7, 11) is 0. The molecule has 136 valence electrons. The third-order valence-electron chi connectivity index (χ3n) is 3.25. The van der Waals surface area contributed by atoms with Crippen molar-refractivity contribution in [3.05, 3.63) is 56.5 Å². The topological polar surface area (TPSA) is 42.8 Å². The van der Waals surface area contributed by atoms with Crippen molar-refractivity contribution in [3.8, 4) is 23.8 Å². The van der Waals surface area contributed by atoms with Crippen molar-refractivity contribution in [1.29, 1.82) is 0 Å². The molecule has 0 aromatic heterocycles. The van der Waals surface area contributed by atoms with E-state index < -0.39 is 0 Å². The van der Waals surface area contributed by atoms with Crippen molar-refractivity contribution in [2.24, 2.45) is 5.10 Å². The van der Waals surface area contributed by atoms with Crippen LogP contribution in [0, 0.1) is 12.3 Å². The average molecular weight is 412 g/mol. The Bertz CT molecular complexity index is 812. The van der Waals surface area contributed by atoms with Crippen molar-refractivity contribution in [2.75, 3.05) is 13.2 Å². The molecule has 0 saturated carbocycles. The number of rotatable bonds is 8. The first kappa shape index (κ1) is 20.3. The van der Waals surface area contributed by atoms with Gasteiger partial charge in [0, 0.05) is 15.6 Å². The normalized spacial score (nSPS) is 10.6. The average Bonchev–Trinajstić information content (AvgIpc) is 2.60. The fraction of sp³-hybridized carbons (Fsp3) is 0.211. The molecule has 4 nitrogen and oxygen atoms in total. The number of hydrazone groups is 1. The number of hydrogen-bond donors (Lipinski definition) is 1. The SMILES string of the molecule is C#CCOc1c(Cl)cc(/C=N/NCc2c(Cl)cccc2Cl)cc1OCC. The molecule has 0 radical (unpaired) electrons. The van der Waals surface area contributed by atoms with Gasteiger partial charge in [0.15, 0.2) is 11.5 Å². The van der Waals surface area contributed by atoms with Crippen LogP contribution >= 0.6 is 34.8 Å². The van der Waals surface area contributed by atoms with E-state index in [2.05, 4.69) is 16.4 Å². The molecule has 0 spiro atoms. The molecular formula is C19H17Cl3N2O2. The van der Waals surface area contributed by atoms with Gasteiger partial charge in [-0.25, -0.2) is 0 Å². The summed E-state index contributed by atoms with van der Waals surface area (Å²) in [5.74, 6) is 3.32. The summed E-state index contributed by atoms with van der Waals surface area (Å²) in [5.41, 5.74) is 4.43. The van der Waals surface area contributed by atoms with Crippen LogP contribution in [-0.4, -0.2) is 19.4 Å². The molecule has 2 aromatic rings. The van der Waals surface area contributed by atoms with Gasteiger partial charge in [0.2, 0.25) is 0 Å². The number of hydrogen-bond acceptors (Lipinski definition) is 4. The van der Waals surface area contributed by atoms with E-state index in [4.69, 9.17) is 50.7 Å². The highest BCUT2D eigenvalue weighted by Gasteiger charge is 2.12. The molecule has 0 aliphatic heterocycles. The third kappa shape index (κ3) is 5.47. The molecule has 0 heterocycles. The number of ether oxygens (including phenoxy) is 2. The van der Waals surface area contributed by atoms with E-state index in [9.17, 15) is 0 Å². The zero-order chi connectivity index (χ0) is 18.9. The van der Waals surface area contributed by atoms with Crippen LogP contribution in [0.15, 0.2) is 35.4 Å². The van der Waals surface area contributed by atoms with E-state index >= 15 is 0 Å². The highest BCUT2D eigenvalue weighted by molar-refractivity contribution is 6.36. The van der Waals surface area contributed by atoms with Gasteiger partial charge in [-0.3, -0.25) is 0 Å². The molecule has 0 aliphatic carbocycles. The first-order valence-corrected chi connectivity index (χ1v) is 8.91. The molecule has 7 heteroatoms. The molecule has 1 N–H and O–H groups in total. The first-order chi connectivity index (χ1) is 12.6. The summed E-state index contributed by atoms with van der Waals surface area (Å²) >= 11 is 18.5. The molecule has 0 amide bonds. The second kappa shape index (κ2) is 10.2. The first-order valence-electron chi connectivity index (χ1n) is 7.78. The summed E-state index contributed by atoms with van der Waals surface area (Å²) in [5, 5.41) is 5.73. The van der Waals surface area contributed by atoms with Crippen LogP contribution in [0.4, 0.5) is 0 Å². The summed E-state index contributed by atoms with van der Waals surface area (Å²) in [6, 6.07) is 8.82. The maximum absolute atomic E-state index is 6.27. The Morgan fingerprint density at radius 1 is 1.15 bits per heavy atom. The lowest BCUT2D eigenvalue weighted by molar-refractivity contribution is 0.299. The van der Waals surface area contributed by atoms with Gasteiger partial charge in [-0.15, -0.1) is 6.42 Å². The zero-order valence-electron chi connectivity index (χ0n) is 14.1. The van der Waals surface area contributed by atoms with Crippen LogP contribution < -0.4 is 14.9 Å². The van der Waals surface area contributed by atoms with Gasteiger partial charge >= 0.3 is 0 Å². The molecule has 0 unspecified atom stereocenters. The van der Waals surface area contributed by atoms with Crippen molar-refractivity contribution in [1.82, 2.24) is 5.43 Å². The predicted octanol–water partition coefficient (Wildman–Crippen LogP) is 5.18. The summed E-state index contributed by atoms with van der Waals surface area (Å²) in [4.78, 5) is 0. The van der Waals surface area contributed by atoms with Crippen LogP contribution in [-0.2, 0) is 6.54 Å². The highest BCUT2D eigenvalue weighted by Crippen LogP contribution is 2.36. The monoisotopic (exact) mass is 410 g/mol. The van der Waals surface area contributed by atoms with Crippen molar-refractivity contribution in [3.63, 3.8) is 0 Å². The van der Waals surface area contributed by atoms with Crippen molar-refractivity contribution in [2.45, 2.75) is 13.5 Å². The minimum Gasteiger partial charge on any atom is -0.490 e. The fourth-order valence-corrected chi connectivity index (χ4v) is 2.93. The third-order valence-corrected chi connectivity index (χ3v) is 4.24. The van der Waals surface area contributed by atoms with E-state index in [1.807, 2.05) is 6.92 Å². The maximum Gasteiger partial charge on any atom is 0.181 e. The van der Waals surface area contributed by atoms with Crippen molar-refractivity contribution < 1.29 is 9.47 Å². The largest absolute Gasteiger partial charge is 0.490 e. The van der Waals surface area contributed by atoms with Crippen LogP contribution in [0.1, 0.15) is 18.1 Å². The van der Waals surface area contributed by atoms with Crippen LogP contribution in [0.2, 0.25) is 15.1 Å². The Morgan fingerprint density at radius 3 is 2.54 bits per heavy atom. The maximum atomic E-state index is 6.27. The van der Waals surface area contributed by atoms with Gasteiger partial charge < -0.3 is 14.9 Å². The number of benzene rings is 2. The second-order valence-corrected chi connectivity index (χ2v) is 6.27. The van der Waals surface area contributed by atoms with Gasteiger partial charge in [-0.2, -0.15) is 5.10 Å². The Hall–Kier alpha value is -2.06. The van der Waals surface area contributed by atoms with E-state index in [1.165, 1.54) is 0 Å². The number of nitrogens with one attached hydrogen (secondary N) is 1. The molecule has 2 rings (SSSR count). The Labute approximate surface area is 168 Å². The number of terminal acetylenes is 1. The molecule has 0 bridgehead atoms. The van der Waals surface area contributed by atoms with E-state index in [0.717, 1.165) is 11.1 Å². The smallest absolute Gasteiger partial charge is 0.181 e. The van der Waals surface area contributed by atoms with Crippen LogP contribution in [0.5, 0.6) is 11.5 Å². The van der Waals surface area contributed by atoms with Gasteiger partial charge in [0.05, 0.1) is 24.4 Å². The molecule has 0 atom stereocenters. The van der Waals surface area contributed by atoms with Gasteiger partial charge in [-0.1, -0.05) is 46.8 Å². The molecule has 0 aliphatic rings. The molecule has 2 aromatic carbocycles. The molecule has 26 heavy (non-hydrogen) atoms. The lowest BCUT2D eigenvalue weighted by Gasteiger charge is -2.13. The van der Waals surface area contributed by atoms with E-state index in [1.54, 1.807) is 36.5 Å². The highest BCUT2D eigenvalue weighted by atomic mass is 35.5. The zero-order valence-corrected chi connectivity index (χ0v) is 16.3. The number of nitrogens with zero attached hydrogens (tertiary/aromatic N) is 1. The predicted molar refractivity (Wildman–Crippen MR) is 108 cm³/mol. The van der Waals surface area contributed by atoms with E-state index in [0.29, 0.717) is 39.7 Å². The Kier molecular flexibility index (Phi) is 7.93. The Morgan fingerprint density at radius 2 is 1.88 bits per heavy atom. The quantitative estimate of drug-likeness (QED) is 0.370.